The fourth-order valence-corrected chi connectivity index (χ4v) is 2.12. The van der Waals surface area contributed by atoms with Crippen LogP contribution in [0.4, 0.5) is 0 Å². The smallest absolute Gasteiger partial charge is 0.0359 e. The molecule has 0 unspecified atom stereocenters. The lowest BCUT2D eigenvalue weighted by molar-refractivity contribution is 0.605. The highest BCUT2D eigenvalue weighted by Crippen LogP contribution is 2.06. The Morgan fingerprint density at radius 1 is 1.06 bits per heavy atom. The van der Waals surface area contributed by atoms with Gasteiger partial charge in [0, 0.05) is 25.0 Å². The van der Waals surface area contributed by atoms with E-state index in [1.165, 1.54) is 17.7 Å². The number of benzene rings is 1. The van der Waals surface area contributed by atoms with E-state index in [4.69, 9.17) is 0 Å². The molecule has 0 spiro atoms. The van der Waals surface area contributed by atoms with Crippen LogP contribution in [0.5, 0.6) is 0 Å². The molecule has 0 amide bonds. The van der Waals surface area contributed by atoms with Gasteiger partial charge in [-0.05, 0) is 37.1 Å². The SMILES string of the molecule is CCCNCc1cccn1CCc1ccccc1. The maximum Gasteiger partial charge on any atom is 0.0359 e. The van der Waals surface area contributed by atoms with E-state index in [9.17, 15) is 0 Å². The first kappa shape index (κ1) is 12.9. The fraction of sp³-hybridized carbons (Fsp3) is 0.375. The summed E-state index contributed by atoms with van der Waals surface area (Å²) in [4.78, 5) is 0. The average Bonchev–Trinajstić information content (AvgIpc) is 2.86. The number of hydrogen-bond acceptors (Lipinski definition) is 1. The molecule has 1 heterocycles. The summed E-state index contributed by atoms with van der Waals surface area (Å²) >= 11 is 0. The predicted octanol–water partition coefficient (Wildman–Crippen LogP) is 3.23. The number of nitrogens with one attached hydrogen (secondary N) is 1. The van der Waals surface area contributed by atoms with Crippen LogP contribution in [0, 0.1) is 0 Å². The molecule has 0 atom stereocenters. The number of nitrogens with zero attached hydrogens (tertiary/aromatic N) is 1. The minimum absolute atomic E-state index is 0.968. The van der Waals surface area contributed by atoms with Crippen molar-refractivity contribution in [1.29, 1.82) is 0 Å². The quantitative estimate of drug-likeness (QED) is 0.738. The van der Waals surface area contributed by atoms with Crippen LogP contribution in [0.25, 0.3) is 0 Å². The first-order valence-corrected chi connectivity index (χ1v) is 6.79. The second kappa shape index (κ2) is 7.02. The lowest BCUT2D eigenvalue weighted by Gasteiger charge is -2.10. The summed E-state index contributed by atoms with van der Waals surface area (Å²) in [7, 11) is 0. The van der Waals surface area contributed by atoms with Crippen LogP contribution < -0.4 is 5.32 Å². The fourth-order valence-electron chi connectivity index (χ4n) is 2.12. The third-order valence-electron chi connectivity index (χ3n) is 3.14. The van der Waals surface area contributed by atoms with E-state index in [0.29, 0.717) is 0 Å². The molecule has 1 aromatic heterocycles. The van der Waals surface area contributed by atoms with Crippen molar-refractivity contribution in [3.8, 4) is 0 Å². The molecule has 2 nitrogen and oxygen atoms in total. The van der Waals surface area contributed by atoms with E-state index in [1.807, 2.05) is 0 Å². The van der Waals surface area contributed by atoms with Crippen molar-refractivity contribution in [2.24, 2.45) is 0 Å². The molecule has 18 heavy (non-hydrogen) atoms. The van der Waals surface area contributed by atoms with Gasteiger partial charge < -0.3 is 9.88 Å². The van der Waals surface area contributed by atoms with Gasteiger partial charge in [0.25, 0.3) is 0 Å². The van der Waals surface area contributed by atoms with Gasteiger partial charge >= 0.3 is 0 Å². The zero-order chi connectivity index (χ0) is 12.6. The standard InChI is InChI=1S/C16H22N2/c1-2-11-17-14-16-9-6-12-18(16)13-10-15-7-4-3-5-8-15/h3-9,12,17H,2,10-11,13-14H2,1H3. The molecule has 2 aromatic rings. The van der Waals surface area contributed by atoms with Gasteiger partial charge in [0.15, 0.2) is 0 Å². The lowest BCUT2D eigenvalue weighted by atomic mass is 10.1. The normalized spacial score (nSPS) is 10.7. The predicted molar refractivity (Wildman–Crippen MR) is 76.6 cm³/mol. The van der Waals surface area contributed by atoms with E-state index in [-0.39, 0.29) is 0 Å². The highest BCUT2D eigenvalue weighted by atomic mass is 15.0. The van der Waals surface area contributed by atoms with Gasteiger partial charge in [-0.3, -0.25) is 0 Å². The van der Waals surface area contributed by atoms with Gasteiger partial charge in [0.1, 0.15) is 0 Å². The van der Waals surface area contributed by atoms with E-state index in [1.54, 1.807) is 0 Å². The Balaban J connectivity index is 1.87. The van der Waals surface area contributed by atoms with Crippen molar-refractivity contribution >= 4 is 0 Å². The zero-order valence-electron chi connectivity index (χ0n) is 11.1. The summed E-state index contributed by atoms with van der Waals surface area (Å²) in [6.45, 7) is 5.31. The Bertz CT molecular complexity index is 445. The second-order valence-electron chi connectivity index (χ2n) is 4.61. The Morgan fingerprint density at radius 2 is 1.89 bits per heavy atom. The molecule has 0 saturated carbocycles. The Kier molecular flexibility index (Phi) is 5.03. The van der Waals surface area contributed by atoms with E-state index < -0.39 is 0 Å². The van der Waals surface area contributed by atoms with Gasteiger partial charge in [-0.25, -0.2) is 0 Å². The monoisotopic (exact) mass is 242 g/mol. The van der Waals surface area contributed by atoms with Crippen molar-refractivity contribution in [2.45, 2.75) is 32.9 Å². The molecule has 0 radical (unpaired) electrons. The van der Waals surface area contributed by atoms with Gasteiger partial charge in [-0.15, -0.1) is 0 Å². The van der Waals surface area contributed by atoms with E-state index >= 15 is 0 Å². The zero-order valence-corrected chi connectivity index (χ0v) is 11.1. The molecule has 96 valence electrons. The molecule has 0 saturated heterocycles. The van der Waals surface area contributed by atoms with Gasteiger partial charge in [-0.1, -0.05) is 37.3 Å². The molecule has 0 aliphatic heterocycles. The van der Waals surface area contributed by atoms with Crippen LogP contribution in [-0.4, -0.2) is 11.1 Å². The van der Waals surface area contributed by atoms with Gasteiger partial charge in [0.2, 0.25) is 0 Å². The first-order valence-electron chi connectivity index (χ1n) is 6.79. The summed E-state index contributed by atoms with van der Waals surface area (Å²) in [5.41, 5.74) is 2.78. The minimum atomic E-state index is 0.968. The number of hydrogen-bond donors (Lipinski definition) is 1. The highest BCUT2D eigenvalue weighted by molar-refractivity contribution is 5.15. The largest absolute Gasteiger partial charge is 0.350 e. The summed E-state index contributed by atoms with van der Waals surface area (Å²) in [5.74, 6) is 0. The molecule has 0 aliphatic carbocycles. The Morgan fingerprint density at radius 3 is 2.67 bits per heavy atom. The van der Waals surface area contributed by atoms with Crippen molar-refractivity contribution in [1.82, 2.24) is 9.88 Å². The molecule has 2 heteroatoms. The topological polar surface area (TPSA) is 17.0 Å². The van der Waals surface area contributed by atoms with Gasteiger partial charge in [0.05, 0.1) is 0 Å². The summed E-state index contributed by atoms with van der Waals surface area (Å²) in [5, 5.41) is 3.46. The molecule has 0 fully saturated rings. The van der Waals surface area contributed by atoms with Crippen LogP contribution in [0.3, 0.4) is 0 Å². The van der Waals surface area contributed by atoms with Crippen LogP contribution in [0.1, 0.15) is 24.6 Å². The van der Waals surface area contributed by atoms with Crippen LogP contribution in [0.2, 0.25) is 0 Å². The Hall–Kier alpha value is -1.54. The average molecular weight is 242 g/mol. The summed E-state index contributed by atoms with van der Waals surface area (Å²) in [6.07, 6.45) is 4.45. The summed E-state index contributed by atoms with van der Waals surface area (Å²) in [6, 6.07) is 15.0. The maximum absolute atomic E-state index is 3.46. The highest BCUT2D eigenvalue weighted by Gasteiger charge is 2.00. The van der Waals surface area contributed by atoms with Crippen LogP contribution >= 0.6 is 0 Å². The van der Waals surface area contributed by atoms with E-state index in [0.717, 1.165) is 26.1 Å². The summed E-state index contributed by atoms with van der Waals surface area (Å²) < 4.78 is 2.34. The molecular formula is C16H22N2. The van der Waals surface area contributed by atoms with Crippen molar-refractivity contribution in [3.05, 3.63) is 59.9 Å². The second-order valence-corrected chi connectivity index (χ2v) is 4.61. The molecule has 1 N–H and O–H groups in total. The Labute approximate surface area is 110 Å². The van der Waals surface area contributed by atoms with Crippen LogP contribution in [-0.2, 0) is 19.5 Å². The van der Waals surface area contributed by atoms with Crippen LogP contribution in [0.15, 0.2) is 48.7 Å². The van der Waals surface area contributed by atoms with E-state index in [2.05, 4.69) is 65.5 Å². The molecule has 0 bridgehead atoms. The third kappa shape index (κ3) is 3.74. The molecule has 2 rings (SSSR count). The van der Waals surface area contributed by atoms with Crippen molar-refractivity contribution in [3.63, 3.8) is 0 Å². The molecule has 0 aliphatic rings. The maximum atomic E-state index is 3.46. The molecular weight excluding hydrogens is 220 g/mol. The number of aryl methyl sites for hydroxylation is 2. The van der Waals surface area contributed by atoms with Crippen molar-refractivity contribution in [2.75, 3.05) is 6.54 Å². The van der Waals surface area contributed by atoms with Gasteiger partial charge in [-0.2, -0.15) is 0 Å². The number of rotatable bonds is 7. The first-order chi connectivity index (χ1) is 8.90. The van der Waals surface area contributed by atoms with Crippen molar-refractivity contribution < 1.29 is 0 Å². The molecule has 1 aromatic carbocycles. The number of aromatic nitrogens is 1. The minimum Gasteiger partial charge on any atom is -0.350 e. The lowest BCUT2D eigenvalue weighted by Crippen LogP contribution is -2.17. The third-order valence-corrected chi connectivity index (χ3v) is 3.14.